The quantitative estimate of drug-likeness (QED) is 0.703. The molecular weight excluding hydrogens is 361 g/mol. The van der Waals surface area contributed by atoms with Gasteiger partial charge in [-0.15, -0.1) is 5.10 Å². The second-order valence-corrected chi connectivity index (χ2v) is 6.09. The molecule has 0 saturated heterocycles. The Morgan fingerprint density at radius 3 is 2.76 bits per heavy atom. The van der Waals surface area contributed by atoms with Crippen LogP contribution in [0.1, 0.15) is 11.1 Å². The Balaban J connectivity index is 1.72. The number of rotatable bonds is 4. The minimum Gasteiger partial charge on any atom is -0.323 e. The van der Waals surface area contributed by atoms with Crippen LogP contribution in [0, 0.1) is 6.92 Å². The third kappa shape index (κ3) is 4.23. The SMILES string of the molecule is Cc1cc(NC(=O)/C=C/c2cc(Cl)ccc2Cl)ccc1-n1cnnn1. The summed E-state index contributed by atoms with van der Waals surface area (Å²) in [7, 11) is 0. The van der Waals surface area contributed by atoms with Crippen molar-refractivity contribution in [3.8, 4) is 5.69 Å². The first-order valence-electron chi connectivity index (χ1n) is 7.31. The van der Waals surface area contributed by atoms with Crippen molar-refractivity contribution in [3.63, 3.8) is 0 Å². The number of nitrogens with zero attached hydrogens (tertiary/aromatic N) is 4. The van der Waals surface area contributed by atoms with Gasteiger partial charge in [0.25, 0.3) is 0 Å². The number of amides is 1. The molecule has 1 heterocycles. The number of carbonyl (C=O) groups excluding carboxylic acids is 1. The molecule has 3 rings (SSSR count). The molecule has 126 valence electrons. The van der Waals surface area contributed by atoms with Crippen LogP contribution in [0.15, 0.2) is 48.8 Å². The molecule has 0 aliphatic carbocycles. The number of tetrazole rings is 1. The predicted octanol–water partition coefficient (Wildman–Crippen LogP) is 3.93. The van der Waals surface area contributed by atoms with Gasteiger partial charge in [0.2, 0.25) is 5.91 Å². The highest BCUT2D eigenvalue weighted by molar-refractivity contribution is 6.34. The molecule has 0 atom stereocenters. The standard InChI is InChI=1S/C17H13Cl2N5O/c1-11-8-14(4-6-16(11)24-10-20-22-23-24)21-17(25)7-2-12-9-13(18)3-5-15(12)19/h2-10H,1H3,(H,21,25)/b7-2+. The molecule has 25 heavy (non-hydrogen) atoms. The van der Waals surface area contributed by atoms with E-state index in [1.165, 1.54) is 12.4 Å². The molecule has 0 radical (unpaired) electrons. The maximum Gasteiger partial charge on any atom is 0.248 e. The zero-order valence-corrected chi connectivity index (χ0v) is 14.7. The van der Waals surface area contributed by atoms with Crippen LogP contribution < -0.4 is 5.32 Å². The number of hydrogen-bond acceptors (Lipinski definition) is 4. The van der Waals surface area contributed by atoms with Gasteiger partial charge in [0.05, 0.1) is 5.69 Å². The maximum absolute atomic E-state index is 12.1. The summed E-state index contributed by atoms with van der Waals surface area (Å²) < 4.78 is 1.56. The van der Waals surface area contributed by atoms with Gasteiger partial charge in [0.1, 0.15) is 6.33 Å². The summed E-state index contributed by atoms with van der Waals surface area (Å²) in [4.78, 5) is 12.1. The van der Waals surface area contributed by atoms with E-state index >= 15 is 0 Å². The topological polar surface area (TPSA) is 72.7 Å². The van der Waals surface area contributed by atoms with Crippen molar-refractivity contribution in [3.05, 3.63) is 70.0 Å². The fraction of sp³-hybridized carbons (Fsp3) is 0.0588. The lowest BCUT2D eigenvalue weighted by molar-refractivity contribution is -0.111. The number of halogens is 2. The molecule has 0 bridgehead atoms. The average Bonchev–Trinajstić information content (AvgIpc) is 3.10. The molecule has 0 unspecified atom stereocenters. The van der Waals surface area contributed by atoms with Gasteiger partial charge < -0.3 is 5.32 Å². The lowest BCUT2D eigenvalue weighted by Gasteiger charge is -2.08. The molecule has 0 aliphatic heterocycles. The molecule has 0 aliphatic rings. The van der Waals surface area contributed by atoms with E-state index in [-0.39, 0.29) is 5.91 Å². The molecule has 1 N–H and O–H groups in total. The number of carbonyl (C=O) groups is 1. The Labute approximate surface area is 154 Å². The first kappa shape index (κ1) is 17.1. The normalized spacial score (nSPS) is 11.0. The van der Waals surface area contributed by atoms with Gasteiger partial charge >= 0.3 is 0 Å². The predicted molar refractivity (Wildman–Crippen MR) is 98.0 cm³/mol. The lowest BCUT2D eigenvalue weighted by Crippen LogP contribution is -2.08. The lowest BCUT2D eigenvalue weighted by atomic mass is 10.1. The summed E-state index contributed by atoms with van der Waals surface area (Å²) in [6, 6.07) is 10.5. The number of hydrogen-bond donors (Lipinski definition) is 1. The molecule has 8 heteroatoms. The van der Waals surface area contributed by atoms with Gasteiger partial charge in [-0.25, -0.2) is 4.68 Å². The van der Waals surface area contributed by atoms with E-state index in [2.05, 4.69) is 20.8 Å². The Hall–Kier alpha value is -2.70. The zero-order valence-electron chi connectivity index (χ0n) is 13.1. The van der Waals surface area contributed by atoms with E-state index < -0.39 is 0 Å². The summed E-state index contributed by atoms with van der Waals surface area (Å²) in [5.41, 5.74) is 3.10. The van der Waals surface area contributed by atoms with Gasteiger partial charge in [-0.1, -0.05) is 23.2 Å². The van der Waals surface area contributed by atoms with Crippen molar-refractivity contribution in [2.45, 2.75) is 6.92 Å². The van der Waals surface area contributed by atoms with Crippen LogP contribution >= 0.6 is 23.2 Å². The van der Waals surface area contributed by atoms with E-state index in [1.807, 2.05) is 19.1 Å². The largest absolute Gasteiger partial charge is 0.323 e. The molecule has 0 saturated carbocycles. The number of benzene rings is 2. The maximum atomic E-state index is 12.1. The molecule has 2 aromatic carbocycles. The van der Waals surface area contributed by atoms with Crippen LogP contribution in [0.4, 0.5) is 5.69 Å². The third-order valence-electron chi connectivity index (χ3n) is 3.43. The first-order chi connectivity index (χ1) is 12.0. The van der Waals surface area contributed by atoms with Gasteiger partial charge in [0.15, 0.2) is 0 Å². The Morgan fingerprint density at radius 1 is 1.20 bits per heavy atom. The highest BCUT2D eigenvalue weighted by Crippen LogP contribution is 2.22. The summed E-state index contributed by atoms with van der Waals surface area (Å²) in [6.07, 6.45) is 4.53. The second-order valence-electron chi connectivity index (χ2n) is 5.24. The fourth-order valence-electron chi connectivity index (χ4n) is 2.25. The average molecular weight is 374 g/mol. The van der Waals surface area contributed by atoms with Crippen molar-refractivity contribution in [1.29, 1.82) is 0 Å². The van der Waals surface area contributed by atoms with Crippen molar-refractivity contribution < 1.29 is 4.79 Å². The van der Waals surface area contributed by atoms with Gasteiger partial charge in [-0.3, -0.25) is 4.79 Å². The summed E-state index contributed by atoms with van der Waals surface area (Å²) in [5.74, 6) is -0.273. The monoisotopic (exact) mass is 373 g/mol. The number of aryl methyl sites for hydroxylation is 1. The van der Waals surface area contributed by atoms with Crippen LogP contribution in [0.25, 0.3) is 11.8 Å². The van der Waals surface area contributed by atoms with E-state index in [0.29, 0.717) is 21.3 Å². The first-order valence-corrected chi connectivity index (χ1v) is 8.06. The Morgan fingerprint density at radius 2 is 2.04 bits per heavy atom. The molecule has 1 aromatic heterocycles. The molecule has 3 aromatic rings. The summed E-state index contributed by atoms with van der Waals surface area (Å²) in [5, 5.41) is 14.9. The highest BCUT2D eigenvalue weighted by atomic mass is 35.5. The van der Waals surface area contributed by atoms with Crippen LogP contribution in [-0.4, -0.2) is 26.1 Å². The second kappa shape index (κ2) is 7.46. The summed E-state index contributed by atoms with van der Waals surface area (Å²) in [6.45, 7) is 1.91. The minimum atomic E-state index is -0.273. The fourth-order valence-corrected chi connectivity index (χ4v) is 2.61. The van der Waals surface area contributed by atoms with Gasteiger partial charge in [0, 0.05) is 21.8 Å². The van der Waals surface area contributed by atoms with Crippen LogP contribution in [0.2, 0.25) is 10.0 Å². The molecule has 0 fully saturated rings. The molecular formula is C17H13Cl2N5O. The van der Waals surface area contributed by atoms with E-state index in [0.717, 1.165) is 11.3 Å². The molecule has 0 spiro atoms. The Kier molecular flexibility index (Phi) is 5.11. The van der Waals surface area contributed by atoms with E-state index in [9.17, 15) is 4.79 Å². The van der Waals surface area contributed by atoms with Crippen LogP contribution in [0.3, 0.4) is 0 Å². The number of aromatic nitrogens is 4. The van der Waals surface area contributed by atoms with Crippen molar-refractivity contribution in [1.82, 2.24) is 20.2 Å². The third-order valence-corrected chi connectivity index (χ3v) is 4.01. The zero-order chi connectivity index (χ0) is 17.8. The van der Waals surface area contributed by atoms with Gasteiger partial charge in [-0.05, 0) is 71.0 Å². The molecule has 6 nitrogen and oxygen atoms in total. The number of anilines is 1. The smallest absolute Gasteiger partial charge is 0.248 e. The highest BCUT2D eigenvalue weighted by Gasteiger charge is 2.05. The van der Waals surface area contributed by atoms with Gasteiger partial charge in [-0.2, -0.15) is 0 Å². The minimum absolute atomic E-state index is 0.273. The van der Waals surface area contributed by atoms with Crippen molar-refractivity contribution in [2.24, 2.45) is 0 Å². The Bertz CT molecular complexity index is 938. The van der Waals surface area contributed by atoms with E-state index in [4.69, 9.17) is 23.2 Å². The number of nitrogens with one attached hydrogen (secondary N) is 1. The van der Waals surface area contributed by atoms with Crippen molar-refractivity contribution >= 4 is 40.9 Å². The van der Waals surface area contributed by atoms with Crippen molar-refractivity contribution in [2.75, 3.05) is 5.32 Å². The van der Waals surface area contributed by atoms with Crippen LogP contribution in [0.5, 0.6) is 0 Å². The summed E-state index contributed by atoms with van der Waals surface area (Å²) >= 11 is 12.0. The van der Waals surface area contributed by atoms with Crippen LogP contribution in [-0.2, 0) is 4.79 Å². The molecule has 1 amide bonds. The van der Waals surface area contributed by atoms with E-state index in [1.54, 1.807) is 35.0 Å².